The van der Waals surface area contributed by atoms with E-state index in [1.165, 1.54) is 0 Å². The molecule has 0 fully saturated rings. The van der Waals surface area contributed by atoms with Gasteiger partial charge in [0, 0.05) is 0 Å². The highest BCUT2D eigenvalue weighted by Gasteiger charge is 2.08. The highest BCUT2D eigenvalue weighted by Crippen LogP contribution is 1.89. The predicted molar refractivity (Wildman–Crippen MR) is 31.1 cm³/mol. The zero-order valence-corrected chi connectivity index (χ0v) is 5.54. The largest absolute Gasteiger partial charge is 0.485 e. The van der Waals surface area contributed by atoms with Crippen LogP contribution < -0.4 is 17.4 Å². The second-order valence-corrected chi connectivity index (χ2v) is 2.25. The zero-order chi connectivity index (χ0) is 8.20. The van der Waals surface area contributed by atoms with E-state index in [9.17, 15) is 8.42 Å². The lowest BCUT2D eigenvalue weighted by Crippen LogP contribution is -2.24. The summed E-state index contributed by atoms with van der Waals surface area (Å²) in [7, 11) is -4.28. The number of hydrogen-bond acceptors (Lipinski definition) is 6. The third kappa shape index (κ3) is 3.88. The Bertz CT molecular complexity index is 213. The van der Waals surface area contributed by atoms with E-state index in [0.717, 1.165) is 0 Å². The van der Waals surface area contributed by atoms with Crippen molar-refractivity contribution in [2.45, 2.75) is 0 Å². The van der Waals surface area contributed by atoms with Gasteiger partial charge in [0.1, 0.15) is 0 Å². The summed E-state index contributed by atoms with van der Waals surface area (Å²) in [6.07, 6.45) is 0. The molecular formula is CH6N4O4S. The molecule has 0 aromatic rings. The average Bonchev–Trinajstić information content (AvgIpc) is 1.85. The van der Waals surface area contributed by atoms with Gasteiger partial charge in [0.2, 0.25) is 5.96 Å². The quantitative estimate of drug-likeness (QED) is 0.238. The molecular weight excluding hydrogens is 164 g/mol. The van der Waals surface area contributed by atoms with Gasteiger partial charge in [-0.05, 0) is 5.16 Å². The van der Waals surface area contributed by atoms with Crippen LogP contribution in [-0.4, -0.2) is 14.4 Å². The lowest BCUT2D eigenvalue weighted by Gasteiger charge is -1.94. The van der Waals surface area contributed by atoms with Crippen LogP contribution in [0.4, 0.5) is 0 Å². The number of rotatable bonds is 3. The topological polar surface area (TPSA) is 143 Å². The summed E-state index contributed by atoms with van der Waals surface area (Å²) in [5.74, 6) is 3.67. The van der Waals surface area contributed by atoms with Crippen LogP contribution >= 0.6 is 0 Å². The lowest BCUT2D eigenvalue weighted by molar-refractivity contribution is 0.225. The first kappa shape index (κ1) is 8.94. The number of nitrogens with zero attached hydrogens (tertiary/aromatic N) is 1. The van der Waals surface area contributed by atoms with E-state index in [1.807, 2.05) is 0 Å². The van der Waals surface area contributed by atoms with Crippen LogP contribution in [0.3, 0.4) is 0 Å². The SMILES string of the molecule is NOS(=O)(=O)ON=C(N)N. The van der Waals surface area contributed by atoms with Crippen LogP contribution in [0.25, 0.3) is 0 Å². The van der Waals surface area contributed by atoms with Crippen molar-refractivity contribution >= 4 is 16.4 Å². The van der Waals surface area contributed by atoms with Crippen molar-refractivity contribution in [3.8, 4) is 0 Å². The molecule has 0 saturated heterocycles. The minimum Gasteiger partial charge on any atom is -0.367 e. The molecule has 0 rings (SSSR count). The van der Waals surface area contributed by atoms with Crippen LogP contribution in [0.15, 0.2) is 5.16 Å². The summed E-state index contributed by atoms with van der Waals surface area (Å²) >= 11 is 0. The Morgan fingerprint density at radius 2 is 1.90 bits per heavy atom. The molecule has 0 bridgehead atoms. The van der Waals surface area contributed by atoms with Gasteiger partial charge in [-0.1, -0.05) is 0 Å². The molecule has 0 atom stereocenters. The van der Waals surface area contributed by atoms with Gasteiger partial charge in [-0.25, -0.2) is 4.28 Å². The van der Waals surface area contributed by atoms with Crippen molar-refractivity contribution in [2.24, 2.45) is 22.5 Å². The van der Waals surface area contributed by atoms with Crippen molar-refractivity contribution in [2.75, 3.05) is 0 Å². The summed E-state index contributed by atoms with van der Waals surface area (Å²) < 4.78 is 27.2. The molecule has 0 radical (unpaired) electrons. The second-order valence-electron chi connectivity index (χ2n) is 1.10. The van der Waals surface area contributed by atoms with E-state index in [4.69, 9.17) is 11.5 Å². The molecule has 0 spiro atoms. The average molecular weight is 170 g/mol. The minimum absolute atomic E-state index is 0.555. The second kappa shape index (κ2) is 3.20. The number of nitrogens with two attached hydrogens (primary N) is 3. The van der Waals surface area contributed by atoms with Crippen molar-refractivity contribution < 1.29 is 17.0 Å². The van der Waals surface area contributed by atoms with Gasteiger partial charge in [0.05, 0.1) is 0 Å². The van der Waals surface area contributed by atoms with Crippen molar-refractivity contribution in [1.29, 1.82) is 0 Å². The summed E-state index contributed by atoms with van der Waals surface area (Å²) in [6.45, 7) is 0. The Balaban J connectivity index is 4.06. The maximum absolute atomic E-state index is 10.1. The third-order valence-electron chi connectivity index (χ3n) is 0.352. The van der Waals surface area contributed by atoms with E-state index in [-0.39, 0.29) is 0 Å². The molecule has 10 heavy (non-hydrogen) atoms. The number of oxime groups is 1. The Morgan fingerprint density at radius 1 is 1.40 bits per heavy atom. The Morgan fingerprint density at radius 3 is 2.20 bits per heavy atom. The maximum atomic E-state index is 10.1. The first-order valence-corrected chi connectivity index (χ1v) is 3.22. The van der Waals surface area contributed by atoms with E-state index >= 15 is 0 Å². The monoisotopic (exact) mass is 170 g/mol. The normalized spacial score (nSPS) is 10.5. The smallest absolute Gasteiger partial charge is 0.367 e. The highest BCUT2D eigenvalue weighted by atomic mass is 32.3. The van der Waals surface area contributed by atoms with Gasteiger partial charge < -0.3 is 11.5 Å². The molecule has 9 heteroatoms. The molecule has 6 N–H and O–H groups in total. The van der Waals surface area contributed by atoms with Crippen molar-refractivity contribution in [1.82, 2.24) is 0 Å². The Kier molecular flexibility index (Phi) is 2.86. The number of guanidine groups is 1. The van der Waals surface area contributed by atoms with Gasteiger partial charge in [-0.2, -0.15) is 14.3 Å². The zero-order valence-electron chi connectivity index (χ0n) is 4.72. The van der Waals surface area contributed by atoms with Gasteiger partial charge in [-0.3, -0.25) is 0 Å². The van der Waals surface area contributed by atoms with E-state index in [2.05, 4.69) is 19.6 Å². The first-order chi connectivity index (χ1) is 4.48. The predicted octanol–water partition coefficient (Wildman–Crippen LogP) is -2.67. The summed E-state index contributed by atoms with van der Waals surface area (Å²) in [5, 5.41) is 2.65. The van der Waals surface area contributed by atoms with E-state index in [1.54, 1.807) is 0 Å². The summed E-state index contributed by atoms with van der Waals surface area (Å²) in [5.41, 5.74) is 9.39. The molecule has 60 valence electrons. The van der Waals surface area contributed by atoms with E-state index in [0.29, 0.717) is 0 Å². The molecule has 0 aliphatic rings. The molecule has 0 aliphatic carbocycles. The molecule has 0 heterocycles. The fraction of sp³-hybridized carbons (Fsp3) is 0. The van der Waals surface area contributed by atoms with Crippen LogP contribution in [0.1, 0.15) is 0 Å². The van der Waals surface area contributed by atoms with Crippen LogP contribution in [0, 0.1) is 0 Å². The maximum Gasteiger partial charge on any atom is 0.485 e. The highest BCUT2D eigenvalue weighted by molar-refractivity contribution is 7.81. The molecule has 0 unspecified atom stereocenters. The van der Waals surface area contributed by atoms with Crippen LogP contribution in [-0.2, 0) is 19.0 Å². The van der Waals surface area contributed by atoms with Gasteiger partial charge >= 0.3 is 10.4 Å². The third-order valence-corrected chi connectivity index (χ3v) is 0.845. The Hall–Kier alpha value is -1.06. The molecule has 0 aromatic heterocycles. The Labute approximate surface area is 56.8 Å². The van der Waals surface area contributed by atoms with Crippen molar-refractivity contribution in [3.63, 3.8) is 0 Å². The molecule has 0 aromatic carbocycles. The number of hydrogen-bond donors (Lipinski definition) is 3. The van der Waals surface area contributed by atoms with Crippen molar-refractivity contribution in [3.05, 3.63) is 0 Å². The summed E-state index contributed by atoms with van der Waals surface area (Å²) in [6, 6.07) is 0. The van der Waals surface area contributed by atoms with Crippen LogP contribution in [0.5, 0.6) is 0 Å². The molecule has 0 amide bonds. The minimum atomic E-state index is -4.28. The van der Waals surface area contributed by atoms with E-state index < -0.39 is 16.4 Å². The van der Waals surface area contributed by atoms with Crippen LogP contribution in [0.2, 0.25) is 0 Å². The summed E-state index contributed by atoms with van der Waals surface area (Å²) in [4.78, 5) is 0. The fourth-order valence-corrected chi connectivity index (χ4v) is 0.319. The first-order valence-electron chi connectivity index (χ1n) is 1.89. The van der Waals surface area contributed by atoms with Gasteiger partial charge in [-0.15, -0.1) is 4.28 Å². The molecule has 0 aliphatic heterocycles. The molecule has 8 nitrogen and oxygen atoms in total. The van der Waals surface area contributed by atoms with Gasteiger partial charge in [0.15, 0.2) is 0 Å². The molecule has 0 saturated carbocycles. The standard InChI is InChI=1S/CH6N4O4S/c2-1(3)5-9-10(6,7)8-4/h4H2,(H4,2,3,5). The van der Waals surface area contributed by atoms with Gasteiger partial charge in [0.25, 0.3) is 0 Å². The fourth-order valence-electron chi connectivity index (χ4n) is 0.106. The lowest BCUT2D eigenvalue weighted by atomic mass is 11.1.